The van der Waals surface area contributed by atoms with E-state index in [0.29, 0.717) is 35.8 Å². The standard InChI is InChI=1S/C27H29N3O3/c1-19-10-15-25(24(18-19)28-26(31)22-11-13-23(33-3)14-12-22)30-17-7-16-29(27(30)32)20(2)21-8-5-4-6-9-21/h4-6,8-15,18,20H,7,16-17H2,1-3H3,(H,28,31). The average molecular weight is 444 g/mol. The van der Waals surface area contributed by atoms with E-state index in [1.807, 2.05) is 60.4 Å². The number of benzene rings is 3. The number of ether oxygens (including phenoxy) is 1. The first-order valence-corrected chi connectivity index (χ1v) is 11.2. The molecule has 3 aromatic carbocycles. The van der Waals surface area contributed by atoms with Gasteiger partial charge >= 0.3 is 6.03 Å². The second kappa shape index (κ2) is 9.77. The van der Waals surface area contributed by atoms with Gasteiger partial charge in [-0.25, -0.2) is 4.79 Å². The Morgan fingerprint density at radius 3 is 2.42 bits per heavy atom. The van der Waals surface area contributed by atoms with Gasteiger partial charge < -0.3 is 15.0 Å². The van der Waals surface area contributed by atoms with Crippen molar-refractivity contribution in [3.8, 4) is 5.75 Å². The lowest BCUT2D eigenvalue weighted by Crippen LogP contribution is -2.50. The van der Waals surface area contributed by atoms with Gasteiger partial charge in [0.05, 0.1) is 24.5 Å². The molecule has 0 saturated carbocycles. The maximum atomic E-state index is 13.5. The molecular formula is C27H29N3O3. The van der Waals surface area contributed by atoms with Crippen molar-refractivity contribution in [3.05, 3.63) is 89.5 Å². The summed E-state index contributed by atoms with van der Waals surface area (Å²) in [6.45, 7) is 5.32. The van der Waals surface area contributed by atoms with Crippen molar-refractivity contribution in [2.45, 2.75) is 26.3 Å². The average Bonchev–Trinajstić information content (AvgIpc) is 2.85. The van der Waals surface area contributed by atoms with Crippen LogP contribution in [0.2, 0.25) is 0 Å². The van der Waals surface area contributed by atoms with E-state index >= 15 is 0 Å². The lowest BCUT2D eigenvalue weighted by Gasteiger charge is -2.39. The molecule has 0 aliphatic carbocycles. The summed E-state index contributed by atoms with van der Waals surface area (Å²) in [5, 5.41) is 3.01. The highest BCUT2D eigenvalue weighted by Gasteiger charge is 2.32. The first-order valence-electron chi connectivity index (χ1n) is 11.2. The quantitative estimate of drug-likeness (QED) is 0.536. The van der Waals surface area contributed by atoms with E-state index in [9.17, 15) is 9.59 Å². The van der Waals surface area contributed by atoms with Gasteiger partial charge in [-0.15, -0.1) is 0 Å². The normalized spacial score (nSPS) is 14.7. The molecule has 33 heavy (non-hydrogen) atoms. The number of anilines is 2. The van der Waals surface area contributed by atoms with Crippen LogP contribution in [0.5, 0.6) is 5.75 Å². The zero-order valence-electron chi connectivity index (χ0n) is 19.2. The third-order valence-electron chi connectivity index (χ3n) is 6.05. The van der Waals surface area contributed by atoms with Crippen LogP contribution in [0.1, 0.15) is 40.9 Å². The minimum Gasteiger partial charge on any atom is -0.497 e. The van der Waals surface area contributed by atoms with E-state index < -0.39 is 0 Å². The van der Waals surface area contributed by atoms with Gasteiger partial charge in [0, 0.05) is 18.7 Å². The lowest BCUT2D eigenvalue weighted by molar-refractivity contribution is 0.102. The number of carbonyl (C=O) groups is 2. The van der Waals surface area contributed by atoms with Crippen molar-refractivity contribution in [1.29, 1.82) is 0 Å². The first kappa shape index (κ1) is 22.4. The van der Waals surface area contributed by atoms with Gasteiger partial charge in [0.1, 0.15) is 5.75 Å². The Labute approximate surface area is 194 Å². The van der Waals surface area contributed by atoms with Crippen molar-refractivity contribution >= 4 is 23.3 Å². The molecule has 1 fully saturated rings. The third kappa shape index (κ3) is 4.85. The Bertz CT molecular complexity index is 1130. The smallest absolute Gasteiger partial charge is 0.325 e. The van der Waals surface area contributed by atoms with Crippen LogP contribution < -0.4 is 15.0 Å². The Morgan fingerprint density at radius 1 is 1.00 bits per heavy atom. The minimum atomic E-state index is -0.233. The van der Waals surface area contributed by atoms with Crippen LogP contribution in [0.3, 0.4) is 0 Å². The van der Waals surface area contributed by atoms with Crippen LogP contribution in [-0.4, -0.2) is 37.0 Å². The number of hydrogen-bond donors (Lipinski definition) is 1. The van der Waals surface area contributed by atoms with Gasteiger partial charge in [-0.05, 0) is 67.8 Å². The molecule has 0 aromatic heterocycles. The number of nitrogens with zero attached hydrogens (tertiary/aromatic N) is 2. The maximum absolute atomic E-state index is 13.5. The molecule has 4 rings (SSSR count). The molecule has 1 aliphatic heterocycles. The van der Waals surface area contributed by atoms with Gasteiger partial charge in [-0.1, -0.05) is 36.4 Å². The van der Waals surface area contributed by atoms with Crippen molar-refractivity contribution in [2.75, 3.05) is 30.4 Å². The molecule has 0 spiro atoms. The van der Waals surface area contributed by atoms with Crippen LogP contribution in [0.15, 0.2) is 72.8 Å². The van der Waals surface area contributed by atoms with Gasteiger partial charge in [0.15, 0.2) is 0 Å². The zero-order chi connectivity index (χ0) is 23.4. The Balaban J connectivity index is 1.59. The minimum absolute atomic E-state index is 0.0377. The monoisotopic (exact) mass is 443 g/mol. The largest absolute Gasteiger partial charge is 0.497 e. The lowest BCUT2D eigenvalue weighted by atomic mass is 10.1. The molecule has 1 saturated heterocycles. The highest BCUT2D eigenvalue weighted by atomic mass is 16.5. The van der Waals surface area contributed by atoms with Crippen LogP contribution in [-0.2, 0) is 0 Å². The molecule has 1 N–H and O–H groups in total. The molecule has 1 unspecified atom stereocenters. The number of carbonyl (C=O) groups excluding carboxylic acids is 2. The first-order chi connectivity index (χ1) is 16.0. The van der Waals surface area contributed by atoms with E-state index in [0.717, 1.165) is 17.5 Å². The summed E-state index contributed by atoms with van der Waals surface area (Å²) in [6, 6.07) is 22.7. The SMILES string of the molecule is COc1ccc(C(=O)Nc2cc(C)ccc2N2CCCN(C(C)c3ccccc3)C2=O)cc1. The number of hydrogen-bond acceptors (Lipinski definition) is 3. The number of methoxy groups -OCH3 is 1. The van der Waals surface area contributed by atoms with Crippen molar-refractivity contribution in [2.24, 2.45) is 0 Å². The van der Waals surface area contributed by atoms with E-state index in [-0.39, 0.29) is 18.0 Å². The van der Waals surface area contributed by atoms with E-state index in [1.54, 1.807) is 36.3 Å². The molecule has 6 heteroatoms. The predicted molar refractivity (Wildman–Crippen MR) is 131 cm³/mol. The number of nitrogens with one attached hydrogen (secondary N) is 1. The van der Waals surface area contributed by atoms with Crippen molar-refractivity contribution < 1.29 is 14.3 Å². The van der Waals surface area contributed by atoms with Crippen molar-refractivity contribution in [3.63, 3.8) is 0 Å². The zero-order valence-corrected chi connectivity index (χ0v) is 19.2. The summed E-state index contributed by atoms with van der Waals surface area (Å²) in [7, 11) is 1.59. The van der Waals surface area contributed by atoms with Gasteiger partial charge in [0.25, 0.3) is 5.91 Å². The molecule has 3 aromatic rings. The molecule has 170 valence electrons. The Hall–Kier alpha value is -3.80. The second-order valence-electron chi connectivity index (χ2n) is 8.27. The topological polar surface area (TPSA) is 61.9 Å². The fourth-order valence-corrected chi connectivity index (χ4v) is 4.16. The fourth-order valence-electron chi connectivity index (χ4n) is 4.16. The fraction of sp³-hybridized carbons (Fsp3) is 0.259. The highest BCUT2D eigenvalue weighted by molar-refractivity contribution is 6.07. The second-order valence-corrected chi connectivity index (χ2v) is 8.27. The number of rotatable bonds is 6. The van der Waals surface area contributed by atoms with Gasteiger partial charge in [-0.3, -0.25) is 9.69 Å². The molecule has 0 radical (unpaired) electrons. The van der Waals surface area contributed by atoms with E-state index in [1.165, 1.54) is 0 Å². The predicted octanol–water partition coefficient (Wildman–Crippen LogP) is 5.65. The Morgan fingerprint density at radius 2 is 1.73 bits per heavy atom. The maximum Gasteiger partial charge on any atom is 0.325 e. The van der Waals surface area contributed by atoms with Crippen LogP contribution >= 0.6 is 0 Å². The van der Waals surface area contributed by atoms with Gasteiger partial charge in [0.2, 0.25) is 0 Å². The summed E-state index contributed by atoms with van der Waals surface area (Å²) in [6.07, 6.45) is 0.850. The summed E-state index contributed by atoms with van der Waals surface area (Å²) in [5.41, 5.74) is 3.95. The summed E-state index contributed by atoms with van der Waals surface area (Å²) in [5.74, 6) is 0.456. The van der Waals surface area contributed by atoms with Crippen LogP contribution in [0.4, 0.5) is 16.2 Å². The molecule has 1 aliphatic rings. The van der Waals surface area contributed by atoms with Crippen molar-refractivity contribution in [1.82, 2.24) is 4.90 Å². The molecule has 6 nitrogen and oxygen atoms in total. The molecule has 0 bridgehead atoms. The number of amides is 3. The molecule has 3 amide bonds. The van der Waals surface area contributed by atoms with Crippen LogP contribution in [0.25, 0.3) is 0 Å². The summed E-state index contributed by atoms with van der Waals surface area (Å²) < 4.78 is 5.17. The Kier molecular flexibility index (Phi) is 6.63. The molecule has 1 heterocycles. The molecular weight excluding hydrogens is 414 g/mol. The van der Waals surface area contributed by atoms with Gasteiger partial charge in [-0.2, -0.15) is 0 Å². The van der Waals surface area contributed by atoms with E-state index in [4.69, 9.17) is 4.74 Å². The van der Waals surface area contributed by atoms with E-state index in [2.05, 4.69) is 12.2 Å². The highest BCUT2D eigenvalue weighted by Crippen LogP contribution is 2.33. The molecule has 1 atom stereocenters. The third-order valence-corrected chi connectivity index (χ3v) is 6.05. The number of urea groups is 1. The summed E-state index contributed by atoms with van der Waals surface area (Å²) >= 11 is 0. The summed E-state index contributed by atoms with van der Waals surface area (Å²) in [4.78, 5) is 30.1. The number of aryl methyl sites for hydroxylation is 1. The van der Waals surface area contributed by atoms with Crippen LogP contribution in [0, 0.1) is 6.92 Å².